The normalized spacial score (nSPS) is 19.5. The monoisotopic (exact) mass is 617 g/mol. The number of unbranched alkanes of at least 4 members (excludes halogenated alkanes) is 1. The molecule has 0 aromatic heterocycles. The standard InChI is InChI=1S/C35H50F3NO3Si/c1-24-19-28-27-14-10-9-13-25(27)20-29(28)33(39(24)23-35(5,6)38)32-30(36)21-26(22-31(32)37)41-18-17-40-15-11-12-16-42-43(7,8)34(2,3)4/h9-10,13-14,21-22,24,33H,11-12,15-20,23H2,1-8H3/t24-,33+/m1/s1. The second-order valence-corrected chi connectivity index (χ2v) is 19.1. The molecule has 0 saturated carbocycles. The maximum absolute atomic E-state index is 15.8. The Morgan fingerprint density at radius 2 is 1.58 bits per heavy atom. The summed E-state index contributed by atoms with van der Waals surface area (Å²) in [7, 11) is -1.73. The van der Waals surface area contributed by atoms with Gasteiger partial charge in [0.1, 0.15) is 29.7 Å². The van der Waals surface area contributed by atoms with Crippen LogP contribution in [0.5, 0.6) is 5.75 Å². The molecule has 0 amide bonds. The molecule has 43 heavy (non-hydrogen) atoms. The largest absolute Gasteiger partial charge is 0.491 e. The van der Waals surface area contributed by atoms with Crippen molar-refractivity contribution in [3.05, 3.63) is 70.3 Å². The maximum atomic E-state index is 15.8. The fraction of sp³-hybridized carbons (Fsp3) is 0.600. The average molecular weight is 618 g/mol. The lowest BCUT2D eigenvalue weighted by atomic mass is 9.84. The molecule has 0 N–H and O–H groups in total. The zero-order valence-electron chi connectivity index (χ0n) is 27.3. The van der Waals surface area contributed by atoms with Crippen LogP contribution in [0.25, 0.3) is 5.57 Å². The summed E-state index contributed by atoms with van der Waals surface area (Å²) in [6, 6.07) is 9.83. The predicted molar refractivity (Wildman–Crippen MR) is 171 cm³/mol. The molecule has 4 nitrogen and oxygen atoms in total. The van der Waals surface area contributed by atoms with E-state index in [0.717, 1.165) is 41.7 Å². The van der Waals surface area contributed by atoms with Crippen LogP contribution in [0.4, 0.5) is 13.2 Å². The summed E-state index contributed by atoms with van der Waals surface area (Å²) in [6.45, 7) is 18.1. The van der Waals surface area contributed by atoms with Gasteiger partial charge in [0.2, 0.25) is 0 Å². The first-order chi connectivity index (χ1) is 20.1. The molecule has 238 valence electrons. The summed E-state index contributed by atoms with van der Waals surface area (Å²) in [6.07, 6.45) is 3.11. The van der Waals surface area contributed by atoms with E-state index in [-0.39, 0.29) is 35.5 Å². The number of ether oxygens (including phenoxy) is 2. The molecule has 2 aliphatic rings. The van der Waals surface area contributed by atoms with Crippen molar-refractivity contribution in [1.29, 1.82) is 0 Å². The van der Waals surface area contributed by atoms with Crippen molar-refractivity contribution in [3.8, 4) is 5.75 Å². The van der Waals surface area contributed by atoms with Gasteiger partial charge in [-0.1, -0.05) is 45.0 Å². The Morgan fingerprint density at radius 1 is 0.930 bits per heavy atom. The van der Waals surface area contributed by atoms with Gasteiger partial charge in [-0.15, -0.1) is 0 Å². The molecule has 0 bridgehead atoms. The van der Waals surface area contributed by atoms with Gasteiger partial charge >= 0.3 is 0 Å². The van der Waals surface area contributed by atoms with E-state index in [9.17, 15) is 0 Å². The highest BCUT2D eigenvalue weighted by Crippen LogP contribution is 2.50. The Balaban J connectivity index is 1.38. The highest BCUT2D eigenvalue weighted by molar-refractivity contribution is 6.74. The maximum Gasteiger partial charge on any atom is 0.191 e. The zero-order chi connectivity index (χ0) is 31.6. The number of rotatable bonds is 13. The van der Waals surface area contributed by atoms with Gasteiger partial charge in [-0.2, -0.15) is 0 Å². The molecule has 2 aromatic carbocycles. The Labute approximate surface area is 257 Å². The molecule has 0 unspecified atom stereocenters. The predicted octanol–water partition coefficient (Wildman–Crippen LogP) is 9.06. The van der Waals surface area contributed by atoms with Crippen LogP contribution in [-0.4, -0.2) is 57.9 Å². The second kappa shape index (κ2) is 13.5. The number of fused-ring (bicyclic) bond motifs is 2. The van der Waals surface area contributed by atoms with Crippen molar-refractivity contribution in [2.24, 2.45) is 0 Å². The number of hydrogen-bond donors (Lipinski definition) is 0. The Morgan fingerprint density at radius 3 is 2.23 bits per heavy atom. The van der Waals surface area contributed by atoms with Crippen molar-refractivity contribution in [2.75, 3.05) is 33.0 Å². The molecule has 2 aromatic rings. The number of halogens is 3. The molecule has 4 rings (SSSR count). The smallest absolute Gasteiger partial charge is 0.191 e. The van der Waals surface area contributed by atoms with Gasteiger partial charge in [0, 0.05) is 43.5 Å². The van der Waals surface area contributed by atoms with Crippen LogP contribution in [0, 0.1) is 11.6 Å². The van der Waals surface area contributed by atoms with Crippen LogP contribution in [0.15, 0.2) is 42.0 Å². The van der Waals surface area contributed by atoms with Gasteiger partial charge in [0.15, 0.2) is 8.32 Å². The summed E-state index contributed by atoms with van der Waals surface area (Å²) >= 11 is 0. The third-order valence-corrected chi connectivity index (χ3v) is 13.7. The molecule has 0 spiro atoms. The van der Waals surface area contributed by atoms with Crippen LogP contribution in [-0.2, 0) is 15.6 Å². The number of benzene rings is 2. The topological polar surface area (TPSA) is 30.9 Å². The minimum atomic E-state index is -1.73. The van der Waals surface area contributed by atoms with Gasteiger partial charge in [-0.3, -0.25) is 4.90 Å². The van der Waals surface area contributed by atoms with Crippen LogP contribution < -0.4 is 4.74 Å². The Kier molecular flexibility index (Phi) is 10.6. The van der Waals surface area contributed by atoms with Crippen LogP contribution >= 0.6 is 0 Å². The highest BCUT2D eigenvalue weighted by atomic mass is 28.4. The highest BCUT2D eigenvalue weighted by Gasteiger charge is 2.43. The minimum absolute atomic E-state index is 0.0420. The lowest BCUT2D eigenvalue weighted by Gasteiger charge is -2.44. The van der Waals surface area contributed by atoms with E-state index in [1.54, 1.807) is 0 Å². The molecule has 0 fully saturated rings. The summed E-state index contributed by atoms with van der Waals surface area (Å²) in [4.78, 5) is 1.93. The first-order valence-corrected chi connectivity index (χ1v) is 18.6. The van der Waals surface area contributed by atoms with Gasteiger partial charge in [-0.05, 0) is 86.9 Å². The van der Waals surface area contributed by atoms with E-state index in [1.165, 1.54) is 26.0 Å². The molecule has 0 saturated heterocycles. The van der Waals surface area contributed by atoms with E-state index in [0.29, 0.717) is 26.1 Å². The first kappa shape index (κ1) is 33.8. The van der Waals surface area contributed by atoms with E-state index in [2.05, 4.69) is 46.0 Å². The van der Waals surface area contributed by atoms with Crippen molar-refractivity contribution in [3.63, 3.8) is 0 Å². The molecule has 8 heteroatoms. The molecule has 0 radical (unpaired) electrons. The molecule has 1 aliphatic heterocycles. The van der Waals surface area contributed by atoms with E-state index in [4.69, 9.17) is 13.9 Å². The van der Waals surface area contributed by atoms with E-state index < -0.39 is 31.7 Å². The summed E-state index contributed by atoms with van der Waals surface area (Å²) in [5.74, 6) is -1.24. The molecule has 1 heterocycles. The Hall–Kier alpha value is -2.13. The first-order valence-electron chi connectivity index (χ1n) is 15.7. The van der Waals surface area contributed by atoms with E-state index in [1.807, 2.05) is 24.0 Å². The minimum Gasteiger partial charge on any atom is -0.491 e. The van der Waals surface area contributed by atoms with Crippen LogP contribution in [0.3, 0.4) is 0 Å². The third kappa shape index (κ3) is 8.13. The van der Waals surface area contributed by atoms with Crippen molar-refractivity contribution in [1.82, 2.24) is 4.90 Å². The van der Waals surface area contributed by atoms with Gasteiger partial charge in [-0.25, -0.2) is 13.2 Å². The van der Waals surface area contributed by atoms with Crippen molar-refractivity contribution < 1.29 is 27.1 Å². The van der Waals surface area contributed by atoms with Crippen LogP contribution in [0.1, 0.15) is 83.5 Å². The zero-order valence-corrected chi connectivity index (χ0v) is 28.3. The molecular formula is C35H50F3NO3Si. The van der Waals surface area contributed by atoms with E-state index >= 15 is 13.2 Å². The Bertz CT molecular complexity index is 1270. The SMILES string of the molecule is C[C@@H]1CC2=C(Cc3ccccc32)[C@@H](c2c(F)cc(OCCOCCCCO[Si](C)(C)C(C)(C)C)cc2F)N1CC(C)(C)F. The quantitative estimate of drug-likeness (QED) is 0.166. The number of nitrogens with zero attached hydrogens (tertiary/aromatic N) is 1. The summed E-state index contributed by atoms with van der Waals surface area (Å²) in [5, 5.41) is 0.195. The fourth-order valence-electron chi connectivity index (χ4n) is 5.92. The number of alkyl halides is 1. The van der Waals surface area contributed by atoms with Crippen molar-refractivity contribution >= 4 is 13.9 Å². The molecule has 2 atom stereocenters. The van der Waals surface area contributed by atoms with Gasteiger partial charge in [0.25, 0.3) is 0 Å². The van der Waals surface area contributed by atoms with Gasteiger partial charge < -0.3 is 13.9 Å². The molecule has 1 aliphatic carbocycles. The lowest BCUT2D eigenvalue weighted by molar-refractivity contribution is 0.0675. The summed E-state index contributed by atoms with van der Waals surface area (Å²) in [5.41, 5.74) is 2.80. The lowest BCUT2D eigenvalue weighted by Crippen LogP contribution is -2.47. The summed E-state index contributed by atoms with van der Waals surface area (Å²) < 4.78 is 64.2. The number of hydrogen-bond acceptors (Lipinski definition) is 4. The second-order valence-electron chi connectivity index (χ2n) is 14.3. The van der Waals surface area contributed by atoms with Crippen LogP contribution in [0.2, 0.25) is 18.1 Å². The van der Waals surface area contributed by atoms with Crippen molar-refractivity contribution in [2.45, 2.75) is 103 Å². The average Bonchev–Trinajstić information content (AvgIpc) is 3.25. The molecular weight excluding hydrogens is 567 g/mol. The third-order valence-electron chi connectivity index (χ3n) is 9.17. The fourth-order valence-corrected chi connectivity index (χ4v) is 7.01. The van der Waals surface area contributed by atoms with Gasteiger partial charge in [0.05, 0.1) is 12.6 Å².